The van der Waals surface area contributed by atoms with Crippen LogP contribution in [0, 0.1) is 11.6 Å². The van der Waals surface area contributed by atoms with E-state index < -0.39 is 17.2 Å². The van der Waals surface area contributed by atoms with Crippen LogP contribution < -0.4 is 11.3 Å². The van der Waals surface area contributed by atoms with Gasteiger partial charge in [-0.05, 0) is 42.0 Å². The highest BCUT2D eigenvalue weighted by atomic mass is 19.2. The van der Waals surface area contributed by atoms with Crippen molar-refractivity contribution in [2.75, 3.05) is 5.73 Å². The van der Waals surface area contributed by atoms with Gasteiger partial charge in [-0.25, -0.2) is 13.8 Å². The number of nitrogen functional groups attached to an aromatic ring is 1. The second-order valence-corrected chi connectivity index (χ2v) is 7.04. The largest absolute Gasteiger partial charge is 0.398 e. The number of anilines is 1. The van der Waals surface area contributed by atoms with E-state index in [-0.39, 0.29) is 12.1 Å². The molecule has 2 aromatic heterocycles. The Labute approximate surface area is 169 Å². The summed E-state index contributed by atoms with van der Waals surface area (Å²) in [7, 11) is 0. The van der Waals surface area contributed by atoms with Gasteiger partial charge in [-0.15, -0.1) is 0 Å². The molecule has 0 saturated carbocycles. The Balaban J connectivity index is 1.78. The monoisotopic (exact) mass is 402 g/mol. The van der Waals surface area contributed by atoms with Crippen LogP contribution in [0.5, 0.6) is 0 Å². The van der Waals surface area contributed by atoms with E-state index >= 15 is 0 Å². The fourth-order valence-corrected chi connectivity index (χ4v) is 3.78. The van der Waals surface area contributed by atoms with Crippen LogP contribution >= 0.6 is 0 Å². The quantitative estimate of drug-likeness (QED) is 0.438. The number of nitrogens with two attached hydrogens (primary N) is 1. The summed E-state index contributed by atoms with van der Waals surface area (Å²) in [5.74, 6) is -1.46. The summed E-state index contributed by atoms with van der Waals surface area (Å²) in [4.78, 5) is 19.3. The van der Waals surface area contributed by atoms with Crippen LogP contribution in [-0.4, -0.2) is 14.5 Å². The van der Waals surface area contributed by atoms with Crippen molar-refractivity contribution >= 4 is 27.6 Å². The molecule has 0 bridgehead atoms. The molecule has 148 valence electrons. The number of benzene rings is 3. The number of aromatic nitrogens is 3. The van der Waals surface area contributed by atoms with Gasteiger partial charge in [-0.3, -0.25) is 4.79 Å². The van der Waals surface area contributed by atoms with E-state index in [2.05, 4.69) is 4.98 Å². The van der Waals surface area contributed by atoms with Gasteiger partial charge in [0.15, 0.2) is 11.6 Å². The number of hydrogen-bond donors (Lipinski definition) is 2. The number of para-hydroxylation sites is 3. The van der Waals surface area contributed by atoms with Gasteiger partial charge in [0, 0.05) is 22.7 Å². The number of imidazole rings is 1. The minimum atomic E-state index is -1.07. The van der Waals surface area contributed by atoms with Crippen LogP contribution in [-0.2, 0) is 6.54 Å². The van der Waals surface area contributed by atoms with Crippen molar-refractivity contribution < 1.29 is 8.78 Å². The molecule has 0 aliphatic heterocycles. The summed E-state index contributed by atoms with van der Waals surface area (Å²) >= 11 is 0. The fraction of sp³-hybridized carbons (Fsp3) is 0.0435. The Morgan fingerprint density at radius 3 is 2.60 bits per heavy atom. The van der Waals surface area contributed by atoms with Crippen LogP contribution in [0.4, 0.5) is 14.5 Å². The molecule has 3 N–H and O–H groups in total. The SMILES string of the molecule is Nc1ccccc1-c1nc2ccccc2n1Cc1cc(=O)[nH]c2c(F)c(F)ccc12. The van der Waals surface area contributed by atoms with Crippen LogP contribution in [0.3, 0.4) is 0 Å². The molecule has 5 rings (SSSR count). The smallest absolute Gasteiger partial charge is 0.248 e. The van der Waals surface area contributed by atoms with Crippen LogP contribution in [0.25, 0.3) is 33.3 Å². The third-order valence-corrected chi connectivity index (χ3v) is 5.18. The molecule has 0 radical (unpaired) electrons. The van der Waals surface area contributed by atoms with Gasteiger partial charge in [0.25, 0.3) is 0 Å². The molecule has 0 aliphatic rings. The molecule has 30 heavy (non-hydrogen) atoms. The molecular formula is C23H16F2N4O. The molecule has 0 atom stereocenters. The average molecular weight is 402 g/mol. The molecule has 2 heterocycles. The first-order chi connectivity index (χ1) is 14.5. The van der Waals surface area contributed by atoms with Gasteiger partial charge in [0.1, 0.15) is 5.82 Å². The number of H-pyrrole nitrogens is 1. The van der Waals surface area contributed by atoms with Gasteiger partial charge >= 0.3 is 0 Å². The summed E-state index contributed by atoms with van der Waals surface area (Å²) in [6, 6.07) is 18.9. The number of nitrogens with one attached hydrogen (secondary N) is 1. The predicted molar refractivity (Wildman–Crippen MR) is 113 cm³/mol. The number of halogens is 2. The van der Waals surface area contributed by atoms with E-state index in [0.717, 1.165) is 22.7 Å². The minimum Gasteiger partial charge on any atom is -0.398 e. The van der Waals surface area contributed by atoms with E-state index in [1.807, 2.05) is 47.0 Å². The Morgan fingerprint density at radius 2 is 1.77 bits per heavy atom. The van der Waals surface area contributed by atoms with Crippen molar-refractivity contribution in [1.82, 2.24) is 14.5 Å². The molecular weight excluding hydrogens is 386 g/mol. The minimum absolute atomic E-state index is 0.150. The standard InChI is InChI=1S/C23H16F2N4O/c24-16-10-9-14-13(11-20(30)28-22(14)21(16)25)12-29-19-8-4-3-7-18(19)27-23(29)15-5-1-2-6-17(15)26/h1-11H,12,26H2,(H,28,30). The lowest BCUT2D eigenvalue weighted by Gasteiger charge is -2.13. The summed E-state index contributed by atoms with van der Waals surface area (Å²) in [5, 5.41) is 0.429. The number of fused-ring (bicyclic) bond motifs is 2. The highest BCUT2D eigenvalue weighted by molar-refractivity contribution is 5.85. The van der Waals surface area contributed by atoms with Crippen molar-refractivity contribution in [2.24, 2.45) is 0 Å². The van der Waals surface area contributed by atoms with Gasteiger partial charge in [-0.1, -0.05) is 24.3 Å². The lowest BCUT2D eigenvalue weighted by molar-refractivity contribution is 0.515. The van der Waals surface area contributed by atoms with Crippen molar-refractivity contribution in [2.45, 2.75) is 6.54 Å². The molecule has 3 aromatic carbocycles. The Hall–Kier alpha value is -4.00. The predicted octanol–water partition coefficient (Wildman–Crippen LogP) is 4.45. The molecule has 7 heteroatoms. The molecule has 0 amide bonds. The molecule has 0 spiro atoms. The first-order valence-corrected chi connectivity index (χ1v) is 9.33. The fourth-order valence-electron chi connectivity index (χ4n) is 3.78. The highest BCUT2D eigenvalue weighted by Crippen LogP contribution is 2.30. The number of aromatic amines is 1. The van der Waals surface area contributed by atoms with Crippen molar-refractivity contribution in [3.8, 4) is 11.4 Å². The van der Waals surface area contributed by atoms with Gasteiger partial charge in [0.05, 0.1) is 23.1 Å². The zero-order valence-corrected chi connectivity index (χ0v) is 15.7. The summed E-state index contributed by atoms with van der Waals surface area (Å²) in [6.45, 7) is 0.232. The molecule has 5 aromatic rings. The van der Waals surface area contributed by atoms with Crippen molar-refractivity contribution in [3.63, 3.8) is 0 Å². The zero-order chi connectivity index (χ0) is 20.8. The maximum Gasteiger partial charge on any atom is 0.248 e. The summed E-state index contributed by atoms with van der Waals surface area (Å²) < 4.78 is 29.9. The highest BCUT2D eigenvalue weighted by Gasteiger charge is 2.17. The lowest BCUT2D eigenvalue weighted by Crippen LogP contribution is -2.11. The second kappa shape index (κ2) is 6.81. The van der Waals surface area contributed by atoms with Gasteiger partial charge < -0.3 is 15.3 Å². The Bertz CT molecular complexity index is 1490. The topological polar surface area (TPSA) is 76.7 Å². The normalized spacial score (nSPS) is 11.4. The van der Waals surface area contributed by atoms with Crippen LogP contribution in [0.1, 0.15) is 5.56 Å². The van der Waals surface area contributed by atoms with Crippen LogP contribution in [0.2, 0.25) is 0 Å². The molecule has 5 nitrogen and oxygen atoms in total. The third-order valence-electron chi connectivity index (χ3n) is 5.18. The van der Waals surface area contributed by atoms with Crippen molar-refractivity contribution in [3.05, 3.63) is 94.3 Å². The number of pyridine rings is 1. The zero-order valence-electron chi connectivity index (χ0n) is 15.7. The average Bonchev–Trinajstić information content (AvgIpc) is 3.10. The molecule has 0 unspecified atom stereocenters. The van der Waals surface area contributed by atoms with Crippen LogP contribution in [0.15, 0.2) is 71.5 Å². The third kappa shape index (κ3) is 2.83. The van der Waals surface area contributed by atoms with E-state index in [4.69, 9.17) is 10.7 Å². The van der Waals surface area contributed by atoms with E-state index in [0.29, 0.717) is 22.5 Å². The summed E-state index contributed by atoms with van der Waals surface area (Å²) in [6.07, 6.45) is 0. The Morgan fingerprint density at radius 1 is 1.00 bits per heavy atom. The molecule has 0 saturated heterocycles. The number of hydrogen-bond acceptors (Lipinski definition) is 3. The van der Waals surface area contributed by atoms with E-state index in [9.17, 15) is 13.6 Å². The van der Waals surface area contributed by atoms with Gasteiger partial charge in [0.2, 0.25) is 5.56 Å². The molecule has 0 fully saturated rings. The Kier molecular flexibility index (Phi) is 4.10. The maximum atomic E-state index is 14.3. The van der Waals surface area contributed by atoms with Gasteiger partial charge in [-0.2, -0.15) is 0 Å². The number of nitrogens with zero attached hydrogens (tertiary/aromatic N) is 2. The second-order valence-electron chi connectivity index (χ2n) is 7.04. The first-order valence-electron chi connectivity index (χ1n) is 9.33. The molecule has 0 aliphatic carbocycles. The number of rotatable bonds is 3. The van der Waals surface area contributed by atoms with E-state index in [1.165, 1.54) is 12.1 Å². The lowest BCUT2D eigenvalue weighted by atomic mass is 10.1. The maximum absolute atomic E-state index is 14.3. The summed E-state index contributed by atoms with van der Waals surface area (Å²) in [5.41, 5.74) is 9.00. The van der Waals surface area contributed by atoms with Crippen molar-refractivity contribution in [1.29, 1.82) is 0 Å². The first kappa shape index (κ1) is 18.1. The van der Waals surface area contributed by atoms with E-state index in [1.54, 1.807) is 6.07 Å².